The molecule has 0 spiro atoms. The summed E-state index contributed by atoms with van der Waals surface area (Å²) in [6.07, 6.45) is 5.67. The second kappa shape index (κ2) is 4.99. The highest BCUT2D eigenvalue weighted by atomic mass is 16.3. The van der Waals surface area contributed by atoms with E-state index in [1.165, 1.54) is 12.8 Å². The Morgan fingerprint density at radius 1 is 1.25 bits per heavy atom. The standard InChI is InChI=1S/C16H30N2O2/c1-14(2)7-5-8-15(3)11(14)6-9-16(4,20)12(15)10-13(19)18-17/h11-12,20H,5-10,17H2,1-4H3,(H,18,19)/t11-,12+,15-,16-/m1/s1. The molecule has 0 saturated heterocycles. The SMILES string of the molecule is CC1(C)CCC[C@]2(C)[C@@H]1CC[C@@](C)(O)[C@H]2CC(=O)NN. The van der Waals surface area contributed by atoms with E-state index in [9.17, 15) is 9.90 Å². The van der Waals surface area contributed by atoms with Crippen LogP contribution >= 0.6 is 0 Å². The summed E-state index contributed by atoms with van der Waals surface area (Å²) in [5.74, 6) is 5.65. The number of amides is 1. The van der Waals surface area contributed by atoms with Crippen LogP contribution in [0.15, 0.2) is 0 Å². The lowest BCUT2D eigenvalue weighted by Crippen LogP contribution is -2.58. The van der Waals surface area contributed by atoms with Gasteiger partial charge in [0.1, 0.15) is 0 Å². The van der Waals surface area contributed by atoms with Crippen molar-refractivity contribution in [2.24, 2.45) is 28.5 Å². The van der Waals surface area contributed by atoms with Crippen LogP contribution in [0.4, 0.5) is 0 Å². The molecule has 0 aromatic rings. The number of rotatable bonds is 2. The highest BCUT2D eigenvalue weighted by Gasteiger charge is 2.58. The molecule has 0 aliphatic heterocycles. The van der Waals surface area contributed by atoms with Gasteiger partial charge in [-0.2, -0.15) is 0 Å². The first kappa shape index (κ1) is 15.8. The number of carbonyl (C=O) groups excluding carboxylic acids is 1. The van der Waals surface area contributed by atoms with Crippen LogP contribution in [0, 0.1) is 22.7 Å². The predicted octanol–water partition coefficient (Wildman–Crippen LogP) is 2.36. The Balaban J connectivity index is 2.35. The molecule has 4 atom stereocenters. The van der Waals surface area contributed by atoms with Crippen molar-refractivity contribution in [3.05, 3.63) is 0 Å². The van der Waals surface area contributed by atoms with Crippen LogP contribution in [0.1, 0.15) is 66.2 Å². The third-order valence-corrected chi connectivity index (χ3v) is 6.31. The molecule has 4 nitrogen and oxygen atoms in total. The largest absolute Gasteiger partial charge is 0.390 e. The van der Waals surface area contributed by atoms with Crippen molar-refractivity contribution in [2.45, 2.75) is 71.8 Å². The van der Waals surface area contributed by atoms with Gasteiger partial charge >= 0.3 is 0 Å². The van der Waals surface area contributed by atoms with E-state index < -0.39 is 5.60 Å². The van der Waals surface area contributed by atoms with Gasteiger partial charge in [0.15, 0.2) is 0 Å². The van der Waals surface area contributed by atoms with Crippen molar-refractivity contribution in [3.63, 3.8) is 0 Å². The van der Waals surface area contributed by atoms with Crippen molar-refractivity contribution < 1.29 is 9.90 Å². The summed E-state index contributed by atoms with van der Waals surface area (Å²) >= 11 is 0. The molecule has 4 N–H and O–H groups in total. The third kappa shape index (κ3) is 2.48. The van der Waals surface area contributed by atoms with Crippen LogP contribution in [0.2, 0.25) is 0 Å². The van der Waals surface area contributed by atoms with Crippen LogP contribution in [0.3, 0.4) is 0 Å². The van der Waals surface area contributed by atoms with Gasteiger partial charge in [-0.1, -0.05) is 27.2 Å². The molecule has 20 heavy (non-hydrogen) atoms. The quantitative estimate of drug-likeness (QED) is 0.413. The Hall–Kier alpha value is -0.610. The maximum Gasteiger partial charge on any atom is 0.234 e. The summed E-state index contributed by atoms with van der Waals surface area (Å²) in [4.78, 5) is 11.8. The van der Waals surface area contributed by atoms with E-state index in [1.807, 2.05) is 6.92 Å². The minimum absolute atomic E-state index is 0.0168. The monoisotopic (exact) mass is 282 g/mol. The molecule has 2 aliphatic rings. The molecule has 2 aliphatic carbocycles. The number of hydrogen-bond acceptors (Lipinski definition) is 3. The van der Waals surface area contributed by atoms with Crippen LogP contribution in [-0.4, -0.2) is 16.6 Å². The van der Waals surface area contributed by atoms with Gasteiger partial charge in [0.2, 0.25) is 5.91 Å². The lowest BCUT2D eigenvalue weighted by atomic mass is 9.45. The zero-order valence-electron chi connectivity index (χ0n) is 13.3. The van der Waals surface area contributed by atoms with E-state index >= 15 is 0 Å². The Morgan fingerprint density at radius 3 is 2.50 bits per heavy atom. The molecular weight excluding hydrogens is 252 g/mol. The highest BCUT2D eigenvalue weighted by molar-refractivity contribution is 5.75. The summed E-state index contributed by atoms with van der Waals surface area (Å²) in [5.41, 5.74) is 1.78. The zero-order valence-corrected chi connectivity index (χ0v) is 13.3. The number of fused-ring (bicyclic) bond motifs is 1. The van der Waals surface area contributed by atoms with Gasteiger partial charge in [0, 0.05) is 12.3 Å². The first-order valence-electron chi connectivity index (χ1n) is 7.85. The fraction of sp³-hybridized carbons (Fsp3) is 0.938. The second-order valence-corrected chi connectivity index (χ2v) is 8.12. The van der Waals surface area contributed by atoms with E-state index in [4.69, 9.17) is 5.84 Å². The Labute approximate surface area is 122 Å². The number of aliphatic hydroxyl groups is 1. The predicted molar refractivity (Wildman–Crippen MR) is 79.5 cm³/mol. The van der Waals surface area contributed by atoms with E-state index in [-0.39, 0.29) is 17.2 Å². The van der Waals surface area contributed by atoms with Crippen LogP contribution in [-0.2, 0) is 4.79 Å². The molecule has 0 radical (unpaired) electrons. The molecule has 116 valence electrons. The number of hydrazine groups is 1. The summed E-state index contributed by atoms with van der Waals surface area (Å²) in [7, 11) is 0. The second-order valence-electron chi connectivity index (χ2n) is 8.12. The number of carbonyl (C=O) groups is 1. The molecule has 4 heteroatoms. The molecule has 2 saturated carbocycles. The molecule has 0 bridgehead atoms. The van der Waals surface area contributed by atoms with E-state index in [0.717, 1.165) is 19.3 Å². The lowest BCUT2D eigenvalue weighted by Gasteiger charge is -2.61. The van der Waals surface area contributed by atoms with Gasteiger partial charge in [0.05, 0.1) is 5.60 Å². The van der Waals surface area contributed by atoms with Crippen LogP contribution in [0.25, 0.3) is 0 Å². The molecule has 0 aromatic heterocycles. The lowest BCUT2D eigenvalue weighted by molar-refractivity contribution is -0.173. The first-order chi connectivity index (χ1) is 9.13. The minimum atomic E-state index is -0.773. The summed E-state index contributed by atoms with van der Waals surface area (Å²) < 4.78 is 0. The zero-order chi connectivity index (χ0) is 15.2. The molecule has 2 rings (SSSR count). The Bertz CT molecular complexity index is 392. The Morgan fingerprint density at radius 2 is 1.90 bits per heavy atom. The van der Waals surface area contributed by atoms with Crippen molar-refractivity contribution in [1.29, 1.82) is 0 Å². The average Bonchev–Trinajstić information content (AvgIpc) is 2.32. The van der Waals surface area contributed by atoms with Gasteiger partial charge in [-0.3, -0.25) is 10.2 Å². The van der Waals surface area contributed by atoms with Crippen molar-refractivity contribution in [1.82, 2.24) is 5.43 Å². The van der Waals surface area contributed by atoms with Crippen molar-refractivity contribution in [3.8, 4) is 0 Å². The molecule has 0 unspecified atom stereocenters. The summed E-state index contributed by atoms with van der Waals surface area (Å²) in [5, 5.41) is 10.8. The first-order valence-corrected chi connectivity index (χ1v) is 7.85. The van der Waals surface area contributed by atoms with Gasteiger partial charge in [0.25, 0.3) is 0 Å². The van der Waals surface area contributed by atoms with E-state index in [0.29, 0.717) is 17.8 Å². The molecule has 0 aromatic carbocycles. The molecular formula is C16H30N2O2. The maximum atomic E-state index is 11.8. The van der Waals surface area contributed by atoms with Crippen LogP contribution in [0.5, 0.6) is 0 Å². The minimum Gasteiger partial charge on any atom is -0.390 e. The van der Waals surface area contributed by atoms with E-state index in [1.54, 1.807) is 0 Å². The van der Waals surface area contributed by atoms with Crippen molar-refractivity contribution in [2.75, 3.05) is 0 Å². The van der Waals surface area contributed by atoms with Gasteiger partial charge in [-0.25, -0.2) is 5.84 Å². The van der Waals surface area contributed by atoms with Crippen LogP contribution < -0.4 is 11.3 Å². The van der Waals surface area contributed by atoms with Gasteiger partial charge < -0.3 is 5.11 Å². The number of hydrogen-bond donors (Lipinski definition) is 3. The Kier molecular flexibility index (Phi) is 3.93. The number of nitrogens with one attached hydrogen (secondary N) is 1. The van der Waals surface area contributed by atoms with E-state index in [2.05, 4.69) is 26.2 Å². The summed E-state index contributed by atoms with van der Waals surface area (Å²) in [6.45, 7) is 8.86. The molecule has 2 fully saturated rings. The fourth-order valence-corrected chi connectivity index (χ4v) is 5.32. The topological polar surface area (TPSA) is 75.3 Å². The van der Waals surface area contributed by atoms with Gasteiger partial charge in [-0.05, 0) is 49.4 Å². The molecule has 0 heterocycles. The highest BCUT2D eigenvalue weighted by Crippen LogP contribution is 2.62. The maximum absolute atomic E-state index is 11.8. The number of nitrogens with two attached hydrogens (primary N) is 1. The average molecular weight is 282 g/mol. The normalized spacial score (nSPS) is 43.7. The fourth-order valence-electron chi connectivity index (χ4n) is 5.32. The summed E-state index contributed by atoms with van der Waals surface area (Å²) in [6, 6.07) is 0. The third-order valence-electron chi connectivity index (χ3n) is 6.31. The smallest absolute Gasteiger partial charge is 0.234 e. The molecule has 1 amide bonds. The van der Waals surface area contributed by atoms with Crippen molar-refractivity contribution >= 4 is 5.91 Å². The van der Waals surface area contributed by atoms with Gasteiger partial charge in [-0.15, -0.1) is 0 Å².